The Morgan fingerprint density at radius 1 is 1.31 bits per heavy atom. The molecule has 13 heavy (non-hydrogen) atoms. The Labute approximate surface area is 93.6 Å². The van der Waals surface area contributed by atoms with Crippen molar-refractivity contribution in [3.05, 3.63) is 26.8 Å². The molecule has 0 fully saturated rings. The first-order valence-electron chi connectivity index (χ1n) is 4.40. The third kappa shape index (κ3) is 2.36. The number of aryl methyl sites for hydroxylation is 1. The smallest absolute Gasteiger partial charge is 0.122 e. The van der Waals surface area contributed by atoms with E-state index < -0.39 is 0 Å². The lowest BCUT2D eigenvalue weighted by Gasteiger charge is -2.12. The van der Waals surface area contributed by atoms with Crippen LogP contribution in [0.25, 0.3) is 0 Å². The van der Waals surface area contributed by atoms with E-state index in [0.717, 1.165) is 5.75 Å². The molecule has 0 saturated heterocycles. The molecule has 0 aromatic heterocycles. The molecule has 0 saturated carbocycles. The fourth-order valence-corrected chi connectivity index (χ4v) is 2.58. The summed E-state index contributed by atoms with van der Waals surface area (Å²) in [4.78, 5) is 0. The number of benzene rings is 1. The summed E-state index contributed by atoms with van der Waals surface area (Å²) < 4.78 is 6.61. The summed E-state index contributed by atoms with van der Waals surface area (Å²) in [6, 6.07) is 4.32. The largest absolute Gasteiger partial charge is 0.496 e. The fraction of sp³-hybridized carbons (Fsp3) is 0.455. The number of hydrogen-bond donors (Lipinski definition) is 0. The van der Waals surface area contributed by atoms with Gasteiger partial charge in [-0.3, -0.25) is 0 Å². The molecule has 0 radical (unpaired) electrons. The summed E-state index contributed by atoms with van der Waals surface area (Å²) in [6.45, 7) is 6.48. The summed E-state index contributed by atoms with van der Waals surface area (Å²) in [7, 11) is 1.72. The van der Waals surface area contributed by atoms with Gasteiger partial charge in [-0.15, -0.1) is 0 Å². The highest BCUT2D eigenvalue weighted by atomic mass is 127. The molecule has 1 aromatic rings. The lowest BCUT2D eigenvalue weighted by Crippen LogP contribution is -1.96. The van der Waals surface area contributed by atoms with E-state index in [0.29, 0.717) is 5.92 Å². The minimum Gasteiger partial charge on any atom is -0.496 e. The van der Waals surface area contributed by atoms with Gasteiger partial charge < -0.3 is 4.74 Å². The van der Waals surface area contributed by atoms with Crippen LogP contribution in [-0.4, -0.2) is 7.11 Å². The Kier molecular flexibility index (Phi) is 3.59. The van der Waals surface area contributed by atoms with Crippen molar-refractivity contribution in [1.29, 1.82) is 0 Å². The minimum absolute atomic E-state index is 0.557. The van der Waals surface area contributed by atoms with Gasteiger partial charge in [0, 0.05) is 3.57 Å². The molecule has 0 bridgehead atoms. The zero-order valence-electron chi connectivity index (χ0n) is 8.52. The topological polar surface area (TPSA) is 9.23 Å². The first kappa shape index (κ1) is 10.8. The summed E-state index contributed by atoms with van der Waals surface area (Å²) in [5.74, 6) is 1.55. The van der Waals surface area contributed by atoms with E-state index in [9.17, 15) is 0 Å². The number of hydrogen-bond acceptors (Lipinski definition) is 1. The van der Waals surface area contributed by atoms with E-state index >= 15 is 0 Å². The second kappa shape index (κ2) is 4.31. The molecule has 1 nitrogen and oxygen atoms in total. The van der Waals surface area contributed by atoms with Gasteiger partial charge in [0.2, 0.25) is 0 Å². The molecule has 1 rings (SSSR count). The standard InChI is InChI=1S/C11H15IO/c1-7(2)9-6-11(13-4)8(3)5-10(9)12/h5-7H,1-4H3. The summed E-state index contributed by atoms with van der Waals surface area (Å²) in [5.41, 5.74) is 2.57. The molecule has 72 valence electrons. The fourth-order valence-electron chi connectivity index (χ4n) is 1.33. The Bertz CT molecular complexity index is 305. The average molecular weight is 290 g/mol. The van der Waals surface area contributed by atoms with Crippen LogP contribution in [0.1, 0.15) is 30.9 Å². The van der Waals surface area contributed by atoms with Gasteiger partial charge in [0.05, 0.1) is 7.11 Å². The highest BCUT2D eigenvalue weighted by Crippen LogP contribution is 2.28. The second-order valence-electron chi connectivity index (χ2n) is 3.50. The normalized spacial score (nSPS) is 10.6. The van der Waals surface area contributed by atoms with Crippen molar-refractivity contribution >= 4 is 22.6 Å². The van der Waals surface area contributed by atoms with Gasteiger partial charge in [0.1, 0.15) is 5.75 Å². The zero-order valence-corrected chi connectivity index (χ0v) is 10.7. The van der Waals surface area contributed by atoms with Crippen molar-refractivity contribution in [1.82, 2.24) is 0 Å². The van der Waals surface area contributed by atoms with Gasteiger partial charge in [-0.25, -0.2) is 0 Å². The Morgan fingerprint density at radius 3 is 2.38 bits per heavy atom. The van der Waals surface area contributed by atoms with Gasteiger partial charge in [-0.2, -0.15) is 0 Å². The minimum atomic E-state index is 0.557. The van der Waals surface area contributed by atoms with Crippen molar-refractivity contribution in [3.8, 4) is 5.75 Å². The maximum Gasteiger partial charge on any atom is 0.122 e. The first-order chi connectivity index (χ1) is 6.06. The van der Waals surface area contributed by atoms with Gasteiger partial charge in [-0.05, 0) is 58.7 Å². The van der Waals surface area contributed by atoms with Crippen molar-refractivity contribution in [2.24, 2.45) is 0 Å². The van der Waals surface area contributed by atoms with Crippen LogP contribution in [0, 0.1) is 10.5 Å². The lowest BCUT2D eigenvalue weighted by atomic mass is 10.0. The molecular weight excluding hydrogens is 275 g/mol. The third-order valence-corrected chi connectivity index (χ3v) is 3.07. The molecule has 0 unspecified atom stereocenters. The van der Waals surface area contributed by atoms with Crippen molar-refractivity contribution in [2.75, 3.05) is 7.11 Å². The molecule has 0 atom stereocenters. The van der Waals surface area contributed by atoms with Crippen molar-refractivity contribution in [2.45, 2.75) is 26.7 Å². The molecule has 0 spiro atoms. The van der Waals surface area contributed by atoms with Gasteiger partial charge in [-0.1, -0.05) is 13.8 Å². The Hall–Kier alpha value is -0.250. The van der Waals surface area contributed by atoms with E-state index in [-0.39, 0.29) is 0 Å². The van der Waals surface area contributed by atoms with Crippen LogP contribution in [0.5, 0.6) is 5.75 Å². The zero-order chi connectivity index (χ0) is 10.0. The summed E-state index contributed by atoms with van der Waals surface area (Å²) in [5, 5.41) is 0. The van der Waals surface area contributed by atoms with Crippen molar-refractivity contribution in [3.63, 3.8) is 0 Å². The Balaban J connectivity index is 3.22. The van der Waals surface area contributed by atoms with E-state index in [1.165, 1.54) is 14.7 Å². The number of methoxy groups -OCH3 is 1. The van der Waals surface area contributed by atoms with Crippen LogP contribution in [0.3, 0.4) is 0 Å². The third-order valence-electron chi connectivity index (χ3n) is 2.14. The van der Waals surface area contributed by atoms with Crippen molar-refractivity contribution < 1.29 is 4.74 Å². The van der Waals surface area contributed by atoms with E-state index in [4.69, 9.17) is 4.74 Å². The number of rotatable bonds is 2. The van der Waals surface area contributed by atoms with Gasteiger partial charge in [0.15, 0.2) is 0 Å². The van der Waals surface area contributed by atoms with E-state index in [2.05, 4.69) is 55.5 Å². The molecule has 0 amide bonds. The highest BCUT2D eigenvalue weighted by molar-refractivity contribution is 14.1. The SMILES string of the molecule is COc1cc(C(C)C)c(I)cc1C. The second-order valence-corrected chi connectivity index (χ2v) is 4.66. The Morgan fingerprint density at radius 2 is 1.92 bits per heavy atom. The highest BCUT2D eigenvalue weighted by Gasteiger charge is 2.08. The lowest BCUT2D eigenvalue weighted by molar-refractivity contribution is 0.410. The molecule has 0 aliphatic carbocycles. The van der Waals surface area contributed by atoms with Gasteiger partial charge >= 0.3 is 0 Å². The van der Waals surface area contributed by atoms with Crippen LogP contribution >= 0.6 is 22.6 Å². The average Bonchev–Trinajstić information content (AvgIpc) is 2.03. The molecule has 1 aromatic carbocycles. The number of ether oxygens (including phenoxy) is 1. The molecule has 0 aliphatic rings. The van der Waals surface area contributed by atoms with Gasteiger partial charge in [0.25, 0.3) is 0 Å². The molecule has 0 N–H and O–H groups in total. The van der Waals surface area contributed by atoms with Crippen LogP contribution in [0.2, 0.25) is 0 Å². The maximum atomic E-state index is 5.29. The van der Waals surface area contributed by atoms with Crippen LogP contribution in [0.15, 0.2) is 12.1 Å². The van der Waals surface area contributed by atoms with E-state index in [1.54, 1.807) is 7.11 Å². The monoisotopic (exact) mass is 290 g/mol. The number of halogens is 1. The van der Waals surface area contributed by atoms with Crippen LogP contribution in [0.4, 0.5) is 0 Å². The van der Waals surface area contributed by atoms with Crippen LogP contribution in [-0.2, 0) is 0 Å². The predicted molar refractivity (Wildman–Crippen MR) is 64.5 cm³/mol. The predicted octanol–water partition coefficient (Wildman–Crippen LogP) is 3.73. The quantitative estimate of drug-likeness (QED) is 0.754. The molecule has 0 aliphatic heterocycles. The maximum absolute atomic E-state index is 5.29. The van der Waals surface area contributed by atoms with E-state index in [1.807, 2.05) is 0 Å². The molecular formula is C11H15IO. The first-order valence-corrected chi connectivity index (χ1v) is 5.48. The van der Waals surface area contributed by atoms with Crippen LogP contribution < -0.4 is 4.74 Å². The molecule has 2 heteroatoms. The summed E-state index contributed by atoms with van der Waals surface area (Å²) in [6.07, 6.45) is 0. The summed E-state index contributed by atoms with van der Waals surface area (Å²) >= 11 is 2.38. The molecule has 0 heterocycles.